The molecule has 1 heterocycles. The van der Waals surface area contributed by atoms with Crippen molar-refractivity contribution in [3.63, 3.8) is 0 Å². The summed E-state index contributed by atoms with van der Waals surface area (Å²) in [5, 5.41) is 0. The molecule has 0 saturated carbocycles. The van der Waals surface area contributed by atoms with Crippen LogP contribution in [-0.4, -0.2) is 12.4 Å². The Morgan fingerprint density at radius 3 is 2.73 bits per heavy atom. The Hall–Kier alpha value is -1.31. The average molecular weight is 202 g/mol. The van der Waals surface area contributed by atoms with Crippen LogP contribution in [0.5, 0.6) is 0 Å². The SMILES string of the molecule is CCCC1CN=C(N)C1c1ccccc1. The highest BCUT2D eigenvalue weighted by Gasteiger charge is 2.30. The number of nitrogens with zero attached hydrogens (tertiary/aromatic N) is 1. The molecule has 0 spiro atoms. The predicted octanol–water partition coefficient (Wildman–Crippen LogP) is 2.56. The predicted molar refractivity (Wildman–Crippen MR) is 64.1 cm³/mol. The lowest BCUT2D eigenvalue weighted by Gasteiger charge is -2.19. The van der Waals surface area contributed by atoms with Crippen LogP contribution in [0.4, 0.5) is 0 Å². The number of aliphatic imine (C=N–C) groups is 1. The molecule has 15 heavy (non-hydrogen) atoms. The highest BCUT2D eigenvalue weighted by molar-refractivity contribution is 5.89. The zero-order valence-corrected chi connectivity index (χ0v) is 9.19. The molecule has 2 unspecified atom stereocenters. The van der Waals surface area contributed by atoms with Gasteiger partial charge in [-0.1, -0.05) is 43.7 Å². The van der Waals surface area contributed by atoms with Gasteiger partial charge in [-0.2, -0.15) is 0 Å². The quantitative estimate of drug-likeness (QED) is 0.803. The first kappa shape index (κ1) is 10.2. The molecule has 1 aromatic rings. The molecule has 0 aromatic heterocycles. The van der Waals surface area contributed by atoms with Crippen LogP contribution in [0.2, 0.25) is 0 Å². The summed E-state index contributed by atoms with van der Waals surface area (Å²) in [5.41, 5.74) is 7.30. The Morgan fingerprint density at radius 1 is 1.33 bits per heavy atom. The van der Waals surface area contributed by atoms with Gasteiger partial charge in [-0.15, -0.1) is 0 Å². The fourth-order valence-corrected chi connectivity index (χ4v) is 2.40. The lowest BCUT2D eigenvalue weighted by Crippen LogP contribution is -2.23. The summed E-state index contributed by atoms with van der Waals surface area (Å²) in [7, 11) is 0. The number of amidine groups is 1. The third kappa shape index (κ3) is 2.04. The first-order valence-corrected chi connectivity index (χ1v) is 5.67. The van der Waals surface area contributed by atoms with Gasteiger partial charge in [-0.3, -0.25) is 4.99 Å². The minimum atomic E-state index is 0.353. The summed E-state index contributed by atoms with van der Waals surface area (Å²) in [4.78, 5) is 4.39. The van der Waals surface area contributed by atoms with E-state index in [9.17, 15) is 0 Å². The summed E-state index contributed by atoms with van der Waals surface area (Å²) in [6.07, 6.45) is 2.42. The van der Waals surface area contributed by atoms with E-state index >= 15 is 0 Å². The second kappa shape index (κ2) is 4.47. The molecule has 1 aliphatic heterocycles. The minimum Gasteiger partial charge on any atom is -0.387 e. The zero-order chi connectivity index (χ0) is 10.7. The van der Waals surface area contributed by atoms with Crippen LogP contribution in [0.1, 0.15) is 31.2 Å². The smallest absolute Gasteiger partial charge is 0.102 e. The number of rotatable bonds is 3. The molecule has 1 aliphatic rings. The number of nitrogens with two attached hydrogens (primary N) is 1. The van der Waals surface area contributed by atoms with Gasteiger partial charge in [-0.25, -0.2) is 0 Å². The highest BCUT2D eigenvalue weighted by atomic mass is 14.9. The van der Waals surface area contributed by atoms with Crippen molar-refractivity contribution in [1.82, 2.24) is 0 Å². The van der Waals surface area contributed by atoms with E-state index in [1.165, 1.54) is 18.4 Å². The van der Waals surface area contributed by atoms with Gasteiger partial charge in [0.1, 0.15) is 5.84 Å². The van der Waals surface area contributed by atoms with E-state index in [2.05, 4.69) is 36.2 Å². The summed E-state index contributed by atoms with van der Waals surface area (Å²) in [6.45, 7) is 3.12. The molecular formula is C13H18N2. The Morgan fingerprint density at radius 2 is 2.07 bits per heavy atom. The van der Waals surface area contributed by atoms with E-state index in [4.69, 9.17) is 5.73 Å². The van der Waals surface area contributed by atoms with Crippen molar-refractivity contribution < 1.29 is 0 Å². The molecule has 0 aliphatic carbocycles. The Kier molecular flexibility index (Phi) is 3.05. The second-order valence-corrected chi connectivity index (χ2v) is 4.20. The van der Waals surface area contributed by atoms with Crippen molar-refractivity contribution in [3.8, 4) is 0 Å². The third-order valence-electron chi connectivity index (χ3n) is 3.12. The van der Waals surface area contributed by atoms with Crippen LogP contribution in [0.3, 0.4) is 0 Å². The van der Waals surface area contributed by atoms with E-state index in [1.807, 2.05) is 6.07 Å². The van der Waals surface area contributed by atoms with Crippen molar-refractivity contribution in [2.45, 2.75) is 25.7 Å². The molecule has 1 aromatic carbocycles. The van der Waals surface area contributed by atoms with Crippen molar-refractivity contribution >= 4 is 5.84 Å². The Labute approximate surface area is 91.2 Å². The van der Waals surface area contributed by atoms with E-state index in [1.54, 1.807) is 0 Å². The van der Waals surface area contributed by atoms with Gasteiger partial charge in [0.15, 0.2) is 0 Å². The molecular weight excluding hydrogens is 184 g/mol. The molecule has 0 saturated heterocycles. The standard InChI is InChI=1S/C13H18N2/c1-2-6-11-9-15-13(14)12(11)10-7-4-3-5-8-10/h3-5,7-8,11-12H,2,6,9H2,1H3,(H2,14,15). The average Bonchev–Trinajstić information content (AvgIpc) is 2.62. The number of benzene rings is 1. The number of hydrogen-bond acceptors (Lipinski definition) is 2. The van der Waals surface area contributed by atoms with E-state index in [0.717, 1.165) is 12.4 Å². The molecule has 2 N–H and O–H groups in total. The van der Waals surface area contributed by atoms with Crippen molar-refractivity contribution in [1.29, 1.82) is 0 Å². The summed E-state index contributed by atoms with van der Waals surface area (Å²) in [6, 6.07) is 10.5. The fraction of sp³-hybridized carbons (Fsp3) is 0.462. The van der Waals surface area contributed by atoms with Gasteiger partial charge in [0, 0.05) is 12.5 Å². The largest absolute Gasteiger partial charge is 0.387 e. The molecule has 80 valence electrons. The topological polar surface area (TPSA) is 38.4 Å². The molecule has 0 amide bonds. The van der Waals surface area contributed by atoms with Gasteiger partial charge in [-0.05, 0) is 17.9 Å². The fourth-order valence-electron chi connectivity index (χ4n) is 2.40. The lowest BCUT2D eigenvalue weighted by atomic mass is 9.85. The van der Waals surface area contributed by atoms with Crippen LogP contribution in [-0.2, 0) is 0 Å². The van der Waals surface area contributed by atoms with E-state index < -0.39 is 0 Å². The van der Waals surface area contributed by atoms with Gasteiger partial charge < -0.3 is 5.73 Å². The first-order chi connectivity index (χ1) is 7.33. The molecule has 2 nitrogen and oxygen atoms in total. The van der Waals surface area contributed by atoms with Crippen LogP contribution in [0, 0.1) is 5.92 Å². The summed E-state index contributed by atoms with van der Waals surface area (Å²) >= 11 is 0. The summed E-state index contributed by atoms with van der Waals surface area (Å²) < 4.78 is 0. The second-order valence-electron chi connectivity index (χ2n) is 4.20. The van der Waals surface area contributed by atoms with Crippen LogP contribution in [0.25, 0.3) is 0 Å². The zero-order valence-electron chi connectivity index (χ0n) is 9.19. The maximum absolute atomic E-state index is 5.98. The van der Waals surface area contributed by atoms with Crippen molar-refractivity contribution in [2.24, 2.45) is 16.6 Å². The van der Waals surface area contributed by atoms with Gasteiger partial charge in [0.25, 0.3) is 0 Å². The van der Waals surface area contributed by atoms with Crippen LogP contribution < -0.4 is 5.73 Å². The number of hydrogen-bond donors (Lipinski definition) is 1. The molecule has 2 rings (SSSR count). The monoisotopic (exact) mass is 202 g/mol. The molecule has 0 bridgehead atoms. The van der Waals surface area contributed by atoms with E-state index in [0.29, 0.717) is 11.8 Å². The highest BCUT2D eigenvalue weighted by Crippen LogP contribution is 2.32. The maximum atomic E-state index is 5.98. The molecule has 2 heteroatoms. The van der Waals surface area contributed by atoms with E-state index in [-0.39, 0.29) is 0 Å². The minimum absolute atomic E-state index is 0.353. The van der Waals surface area contributed by atoms with Crippen molar-refractivity contribution in [2.75, 3.05) is 6.54 Å². The van der Waals surface area contributed by atoms with Gasteiger partial charge in [0.2, 0.25) is 0 Å². The van der Waals surface area contributed by atoms with Crippen LogP contribution in [0.15, 0.2) is 35.3 Å². The molecule has 2 atom stereocenters. The van der Waals surface area contributed by atoms with Crippen molar-refractivity contribution in [3.05, 3.63) is 35.9 Å². The van der Waals surface area contributed by atoms with Gasteiger partial charge in [0.05, 0.1) is 0 Å². The third-order valence-corrected chi connectivity index (χ3v) is 3.12. The lowest BCUT2D eigenvalue weighted by molar-refractivity contribution is 0.488. The normalized spacial score (nSPS) is 25.3. The Balaban J connectivity index is 2.22. The Bertz CT molecular complexity index is 343. The molecule has 0 fully saturated rings. The van der Waals surface area contributed by atoms with Gasteiger partial charge >= 0.3 is 0 Å². The maximum Gasteiger partial charge on any atom is 0.102 e. The molecule has 0 radical (unpaired) electrons. The summed E-state index contributed by atoms with van der Waals surface area (Å²) in [5.74, 6) is 1.78. The first-order valence-electron chi connectivity index (χ1n) is 5.67. The van der Waals surface area contributed by atoms with Crippen LogP contribution >= 0.6 is 0 Å².